The monoisotopic (exact) mass is 156 g/mol. The summed E-state index contributed by atoms with van der Waals surface area (Å²) >= 11 is 0. The van der Waals surface area contributed by atoms with Crippen molar-refractivity contribution in [3.8, 4) is 0 Å². The van der Waals surface area contributed by atoms with E-state index in [4.69, 9.17) is 10.2 Å². The molecule has 0 aromatic carbocycles. The van der Waals surface area contributed by atoms with E-state index in [1.165, 1.54) is 0 Å². The van der Waals surface area contributed by atoms with Crippen LogP contribution in [-0.2, 0) is 0 Å². The van der Waals surface area contributed by atoms with Crippen LogP contribution in [0.15, 0.2) is 24.3 Å². The Morgan fingerprint density at radius 2 is 1.91 bits per heavy atom. The first-order chi connectivity index (χ1) is 5.16. The zero-order valence-electron chi connectivity index (χ0n) is 7.07. The maximum absolute atomic E-state index is 9.17. The lowest BCUT2D eigenvalue weighted by atomic mass is 10.1. The van der Waals surface area contributed by atoms with E-state index in [9.17, 15) is 0 Å². The summed E-state index contributed by atoms with van der Waals surface area (Å²) in [7, 11) is 0. The van der Waals surface area contributed by atoms with Crippen molar-refractivity contribution in [2.24, 2.45) is 0 Å². The van der Waals surface area contributed by atoms with Gasteiger partial charge in [-0.15, -0.1) is 0 Å². The Labute approximate surface area is 67.9 Å². The quantitative estimate of drug-likeness (QED) is 0.601. The van der Waals surface area contributed by atoms with Gasteiger partial charge in [0.1, 0.15) is 0 Å². The van der Waals surface area contributed by atoms with Gasteiger partial charge < -0.3 is 10.2 Å². The molecule has 2 heteroatoms. The summed E-state index contributed by atoms with van der Waals surface area (Å²) in [6.45, 7) is 3.57. The van der Waals surface area contributed by atoms with Gasteiger partial charge in [-0.1, -0.05) is 24.3 Å². The number of allylic oxidation sites excluding steroid dienone is 3. The summed E-state index contributed by atoms with van der Waals surface area (Å²) in [5, 5.41) is 18.0. The van der Waals surface area contributed by atoms with Crippen LogP contribution < -0.4 is 0 Å². The van der Waals surface area contributed by atoms with Crippen molar-refractivity contribution >= 4 is 0 Å². The van der Waals surface area contributed by atoms with E-state index in [0.717, 1.165) is 0 Å². The lowest BCUT2D eigenvalue weighted by molar-refractivity contribution is 0.116. The molecule has 0 aliphatic rings. The second kappa shape index (κ2) is 6.13. The summed E-state index contributed by atoms with van der Waals surface area (Å²) in [5.41, 5.74) is 0. The summed E-state index contributed by atoms with van der Waals surface area (Å²) < 4.78 is 0. The Morgan fingerprint density at radius 3 is 2.36 bits per heavy atom. The van der Waals surface area contributed by atoms with E-state index in [1.807, 2.05) is 19.1 Å². The minimum Gasteiger partial charge on any atom is -0.393 e. The van der Waals surface area contributed by atoms with E-state index in [-0.39, 0.29) is 0 Å². The molecular formula is C9H16O2. The maximum atomic E-state index is 9.17. The molecular weight excluding hydrogens is 140 g/mol. The van der Waals surface area contributed by atoms with Gasteiger partial charge in [-0.25, -0.2) is 0 Å². The van der Waals surface area contributed by atoms with Gasteiger partial charge in [0.2, 0.25) is 0 Å². The molecule has 0 heterocycles. The van der Waals surface area contributed by atoms with Crippen molar-refractivity contribution in [1.29, 1.82) is 0 Å². The van der Waals surface area contributed by atoms with E-state index < -0.39 is 12.2 Å². The highest BCUT2D eigenvalue weighted by Crippen LogP contribution is 1.98. The molecule has 0 radical (unpaired) electrons. The average molecular weight is 156 g/mol. The highest BCUT2D eigenvalue weighted by Gasteiger charge is 2.02. The van der Waals surface area contributed by atoms with Crippen molar-refractivity contribution in [2.75, 3.05) is 0 Å². The second-order valence-corrected chi connectivity index (χ2v) is 2.56. The molecule has 0 fully saturated rings. The topological polar surface area (TPSA) is 40.5 Å². The van der Waals surface area contributed by atoms with Crippen molar-refractivity contribution in [3.05, 3.63) is 24.3 Å². The van der Waals surface area contributed by atoms with Gasteiger partial charge in [-0.2, -0.15) is 0 Å². The average Bonchev–Trinajstić information content (AvgIpc) is 1.86. The van der Waals surface area contributed by atoms with Crippen LogP contribution in [0.5, 0.6) is 0 Å². The van der Waals surface area contributed by atoms with Crippen molar-refractivity contribution in [1.82, 2.24) is 0 Å². The molecule has 0 aliphatic heterocycles. The van der Waals surface area contributed by atoms with Crippen LogP contribution in [0, 0.1) is 0 Å². The molecule has 0 amide bonds. The van der Waals surface area contributed by atoms with Gasteiger partial charge in [-0.05, 0) is 13.8 Å². The molecule has 64 valence electrons. The smallest absolute Gasteiger partial charge is 0.0748 e. The minimum atomic E-state index is -0.536. The van der Waals surface area contributed by atoms with Gasteiger partial charge in [0.05, 0.1) is 12.2 Å². The van der Waals surface area contributed by atoms with Crippen molar-refractivity contribution < 1.29 is 10.2 Å². The van der Waals surface area contributed by atoms with Crippen LogP contribution in [-0.4, -0.2) is 22.4 Å². The largest absolute Gasteiger partial charge is 0.393 e. The van der Waals surface area contributed by atoms with Crippen LogP contribution >= 0.6 is 0 Å². The van der Waals surface area contributed by atoms with E-state index in [1.54, 1.807) is 19.1 Å². The molecule has 11 heavy (non-hydrogen) atoms. The number of aliphatic hydroxyl groups excluding tert-OH is 2. The third-order valence-corrected chi connectivity index (χ3v) is 1.22. The highest BCUT2D eigenvalue weighted by molar-refractivity contribution is 5.03. The van der Waals surface area contributed by atoms with E-state index >= 15 is 0 Å². The lowest BCUT2D eigenvalue weighted by Gasteiger charge is -2.06. The SMILES string of the molecule is CC=CC=CC(O)CC(C)O. The summed E-state index contributed by atoms with van der Waals surface area (Å²) in [5.74, 6) is 0. The fourth-order valence-corrected chi connectivity index (χ4v) is 0.732. The Kier molecular flexibility index (Phi) is 5.80. The first-order valence-electron chi connectivity index (χ1n) is 3.82. The molecule has 2 atom stereocenters. The molecule has 0 bridgehead atoms. The van der Waals surface area contributed by atoms with Crippen LogP contribution in [0.4, 0.5) is 0 Å². The molecule has 0 rings (SSSR count). The predicted octanol–water partition coefficient (Wildman–Crippen LogP) is 1.25. The van der Waals surface area contributed by atoms with Gasteiger partial charge in [0, 0.05) is 6.42 Å². The first kappa shape index (κ1) is 10.4. The standard InChI is InChI=1S/C9H16O2/c1-3-4-5-6-9(11)7-8(2)10/h3-6,8-11H,7H2,1-2H3. The van der Waals surface area contributed by atoms with Crippen molar-refractivity contribution in [2.45, 2.75) is 32.5 Å². The fraction of sp³-hybridized carbons (Fsp3) is 0.556. The minimum absolute atomic E-state index is 0.397. The summed E-state index contributed by atoms with van der Waals surface area (Å²) in [6.07, 6.45) is 6.57. The third kappa shape index (κ3) is 7.30. The number of rotatable bonds is 4. The maximum Gasteiger partial charge on any atom is 0.0748 e. The van der Waals surface area contributed by atoms with E-state index in [2.05, 4.69) is 0 Å². The number of hydrogen-bond acceptors (Lipinski definition) is 2. The highest BCUT2D eigenvalue weighted by atomic mass is 16.3. The Hall–Kier alpha value is -0.600. The fourth-order valence-electron chi connectivity index (χ4n) is 0.732. The first-order valence-corrected chi connectivity index (χ1v) is 3.82. The number of aliphatic hydroxyl groups is 2. The Bertz CT molecular complexity index is 136. The molecule has 2 nitrogen and oxygen atoms in total. The molecule has 0 aromatic heterocycles. The predicted molar refractivity (Wildman–Crippen MR) is 46.3 cm³/mol. The van der Waals surface area contributed by atoms with Gasteiger partial charge in [-0.3, -0.25) is 0 Å². The number of hydrogen-bond donors (Lipinski definition) is 2. The van der Waals surface area contributed by atoms with Gasteiger partial charge >= 0.3 is 0 Å². The molecule has 0 spiro atoms. The van der Waals surface area contributed by atoms with E-state index in [0.29, 0.717) is 6.42 Å². The zero-order chi connectivity index (χ0) is 8.69. The van der Waals surface area contributed by atoms with Crippen LogP contribution in [0.25, 0.3) is 0 Å². The lowest BCUT2D eigenvalue weighted by Crippen LogP contribution is -2.11. The molecule has 2 unspecified atom stereocenters. The summed E-state index contributed by atoms with van der Waals surface area (Å²) in [4.78, 5) is 0. The molecule has 2 N–H and O–H groups in total. The zero-order valence-corrected chi connectivity index (χ0v) is 7.07. The normalized spacial score (nSPS) is 17.8. The van der Waals surface area contributed by atoms with Crippen LogP contribution in [0.3, 0.4) is 0 Å². The molecule has 0 saturated heterocycles. The van der Waals surface area contributed by atoms with Gasteiger partial charge in [0.15, 0.2) is 0 Å². The van der Waals surface area contributed by atoms with Crippen molar-refractivity contribution in [3.63, 3.8) is 0 Å². The van der Waals surface area contributed by atoms with Gasteiger partial charge in [0.25, 0.3) is 0 Å². The second-order valence-electron chi connectivity index (χ2n) is 2.56. The van der Waals surface area contributed by atoms with Crippen LogP contribution in [0.2, 0.25) is 0 Å². The molecule has 0 aromatic rings. The molecule has 0 aliphatic carbocycles. The Morgan fingerprint density at radius 1 is 1.27 bits per heavy atom. The third-order valence-electron chi connectivity index (χ3n) is 1.22. The summed E-state index contributed by atoms with van der Waals surface area (Å²) in [6, 6.07) is 0. The van der Waals surface area contributed by atoms with Crippen LogP contribution in [0.1, 0.15) is 20.3 Å². The molecule has 0 saturated carbocycles. The Balaban J connectivity index is 3.59.